The van der Waals surface area contributed by atoms with E-state index in [0.29, 0.717) is 12.5 Å². The molecule has 1 fully saturated rings. The molecular formula is C11H25NO2Si2. The Morgan fingerprint density at radius 3 is 2.50 bits per heavy atom. The molecule has 2 N–H and O–H groups in total. The van der Waals surface area contributed by atoms with Gasteiger partial charge in [-0.2, -0.15) is 0 Å². The van der Waals surface area contributed by atoms with Gasteiger partial charge in [-0.05, 0) is 32.4 Å². The van der Waals surface area contributed by atoms with Gasteiger partial charge in [-0.1, -0.05) is 19.1 Å². The number of hydrogen-bond donors (Lipinski definition) is 1. The minimum atomic E-state index is -1.44. The highest BCUT2D eigenvalue weighted by molar-refractivity contribution is 7.38. The van der Waals surface area contributed by atoms with Crippen molar-refractivity contribution in [2.45, 2.75) is 64.0 Å². The fraction of sp³-hybridized carbons (Fsp3) is 0.909. The maximum absolute atomic E-state index is 10.7. The number of amides is 1. The lowest BCUT2D eigenvalue weighted by Crippen LogP contribution is -2.61. The van der Waals surface area contributed by atoms with E-state index in [1.807, 2.05) is 0 Å². The molecule has 0 aromatic carbocycles. The van der Waals surface area contributed by atoms with E-state index in [1.165, 1.54) is 12.5 Å². The van der Waals surface area contributed by atoms with Crippen LogP contribution in [0.4, 0.5) is 0 Å². The van der Waals surface area contributed by atoms with E-state index in [2.05, 4.69) is 26.2 Å². The van der Waals surface area contributed by atoms with Crippen molar-refractivity contribution in [2.75, 3.05) is 0 Å². The molecule has 0 radical (unpaired) electrons. The molecule has 1 aliphatic rings. The normalized spacial score (nSPS) is 27.6. The zero-order valence-electron chi connectivity index (χ0n) is 11.0. The predicted octanol–water partition coefficient (Wildman–Crippen LogP) is 2.42. The second kappa shape index (κ2) is 5.02. The third kappa shape index (κ3) is 3.43. The van der Waals surface area contributed by atoms with Crippen molar-refractivity contribution in [3.05, 3.63) is 0 Å². The first kappa shape index (κ1) is 13.9. The highest BCUT2D eigenvalue weighted by Crippen LogP contribution is 2.34. The summed E-state index contributed by atoms with van der Waals surface area (Å²) in [4.78, 5) is 10.7. The Hall–Kier alpha value is -0.136. The van der Waals surface area contributed by atoms with Gasteiger partial charge >= 0.3 is 0 Å². The van der Waals surface area contributed by atoms with Crippen LogP contribution in [0.15, 0.2) is 0 Å². The summed E-state index contributed by atoms with van der Waals surface area (Å²) in [5.41, 5.74) is 5.14. The molecule has 0 aliphatic carbocycles. The molecular weight excluding hydrogens is 234 g/mol. The summed E-state index contributed by atoms with van der Waals surface area (Å²) in [5, 5.41) is 0. The lowest BCUT2D eigenvalue weighted by molar-refractivity contribution is -0.118. The number of nitrogens with two attached hydrogens (primary N) is 1. The van der Waals surface area contributed by atoms with E-state index in [-0.39, 0.29) is 5.91 Å². The molecule has 0 aromatic rings. The maximum atomic E-state index is 10.7. The van der Waals surface area contributed by atoms with Crippen LogP contribution in [0.25, 0.3) is 0 Å². The predicted molar refractivity (Wildman–Crippen MR) is 72.3 cm³/mol. The van der Waals surface area contributed by atoms with Crippen LogP contribution in [-0.2, 0) is 9.22 Å². The van der Waals surface area contributed by atoms with Gasteiger partial charge in [0.1, 0.15) is 0 Å². The molecule has 0 saturated carbocycles. The summed E-state index contributed by atoms with van der Waals surface area (Å²) < 4.78 is 6.32. The Morgan fingerprint density at radius 1 is 1.38 bits per heavy atom. The first-order valence-electron chi connectivity index (χ1n) is 6.21. The summed E-state index contributed by atoms with van der Waals surface area (Å²) >= 11 is 0. The van der Waals surface area contributed by atoms with Gasteiger partial charge in [-0.3, -0.25) is 4.79 Å². The van der Waals surface area contributed by atoms with E-state index in [9.17, 15) is 4.79 Å². The molecule has 16 heavy (non-hydrogen) atoms. The quantitative estimate of drug-likeness (QED) is 0.788. The zero-order chi connectivity index (χ0) is 12.4. The Morgan fingerprint density at radius 2 is 2.00 bits per heavy atom. The Bertz CT molecular complexity index is 267. The number of hydrogen-bond acceptors (Lipinski definition) is 2. The smallest absolute Gasteiger partial charge is 0.217 e. The van der Waals surface area contributed by atoms with Crippen molar-refractivity contribution >= 4 is 21.3 Å². The summed E-state index contributed by atoms with van der Waals surface area (Å²) in [6.45, 7) is 9.64. The van der Waals surface area contributed by atoms with Crippen LogP contribution in [0.2, 0.25) is 32.2 Å². The number of carbonyl (C=O) groups is 1. The molecule has 1 saturated heterocycles. The second-order valence-electron chi connectivity index (χ2n) is 6.03. The largest absolute Gasteiger partial charge is 0.417 e. The lowest BCUT2D eigenvalue weighted by atomic mass is 10.1. The first-order chi connectivity index (χ1) is 7.24. The molecule has 1 heterocycles. The Balaban J connectivity index is 2.41. The van der Waals surface area contributed by atoms with Gasteiger partial charge in [0.05, 0.1) is 7.59 Å². The molecule has 5 heteroatoms. The highest BCUT2D eigenvalue weighted by Gasteiger charge is 2.47. The van der Waals surface area contributed by atoms with Crippen LogP contribution in [0.3, 0.4) is 0 Å². The van der Waals surface area contributed by atoms with Crippen LogP contribution in [-0.4, -0.2) is 27.4 Å². The summed E-state index contributed by atoms with van der Waals surface area (Å²) in [5.74, 6) is -0.193. The topological polar surface area (TPSA) is 52.3 Å². The molecule has 1 amide bonds. The summed E-state index contributed by atoms with van der Waals surface area (Å²) in [6, 6.07) is 1.38. The van der Waals surface area contributed by atoms with E-state index in [4.69, 9.17) is 10.2 Å². The SMILES string of the molecule is C[Si]1(C)CCC(CCCC(N)=O)O[Si]1(C)C. The molecule has 0 aromatic heterocycles. The highest BCUT2D eigenvalue weighted by atomic mass is 29.3. The summed E-state index contributed by atoms with van der Waals surface area (Å²) in [6.07, 6.45) is 3.97. The van der Waals surface area contributed by atoms with Gasteiger partial charge in [-0.15, -0.1) is 0 Å². The Kier molecular flexibility index (Phi) is 4.37. The van der Waals surface area contributed by atoms with Crippen molar-refractivity contribution in [1.29, 1.82) is 0 Å². The molecule has 0 spiro atoms. The van der Waals surface area contributed by atoms with Gasteiger partial charge in [0.2, 0.25) is 5.91 Å². The molecule has 0 bridgehead atoms. The van der Waals surface area contributed by atoms with Crippen LogP contribution in [0.1, 0.15) is 25.7 Å². The van der Waals surface area contributed by atoms with Crippen molar-refractivity contribution in [2.24, 2.45) is 5.73 Å². The molecule has 1 unspecified atom stereocenters. The molecule has 1 rings (SSSR count). The van der Waals surface area contributed by atoms with Crippen molar-refractivity contribution in [3.63, 3.8) is 0 Å². The van der Waals surface area contributed by atoms with E-state index in [1.54, 1.807) is 0 Å². The van der Waals surface area contributed by atoms with Crippen LogP contribution >= 0.6 is 0 Å². The fourth-order valence-corrected chi connectivity index (χ4v) is 8.90. The van der Waals surface area contributed by atoms with E-state index < -0.39 is 15.4 Å². The van der Waals surface area contributed by atoms with Crippen molar-refractivity contribution in [1.82, 2.24) is 0 Å². The van der Waals surface area contributed by atoms with Crippen LogP contribution in [0.5, 0.6) is 0 Å². The molecule has 1 atom stereocenters. The first-order valence-corrected chi connectivity index (χ1v) is 13.3. The molecule has 3 nitrogen and oxygen atoms in total. The third-order valence-corrected chi connectivity index (χ3v) is 20.7. The maximum Gasteiger partial charge on any atom is 0.217 e. The zero-order valence-corrected chi connectivity index (χ0v) is 13.0. The average molecular weight is 259 g/mol. The standard InChI is InChI=1S/C11H25NO2Si2/c1-15(2)9-8-10(14-16(15,3)4)6-5-7-11(12)13/h10H,5-9H2,1-4H3,(H2,12,13). The molecule has 1 aliphatic heterocycles. The van der Waals surface area contributed by atoms with Gasteiger partial charge < -0.3 is 10.2 Å². The van der Waals surface area contributed by atoms with Crippen molar-refractivity contribution < 1.29 is 9.22 Å². The Labute approximate surface area is 101 Å². The van der Waals surface area contributed by atoms with Gasteiger partial charge in [0, 0.05) is 12.5 Å². The van der Waals surface area contributed by atoms with E-state index >= 15 is 0 Å². The number of primary amides is 1. The van der Waals surface area contributed by atoms with Crippen LogP contribution < -0.4 is 5.73 Å². The minimum Gasteiger partial charge on any atom is -0.417 e. The minimum absolute atomic E-state index is 0.193. The summed E-state index contributed by atoms with van der Waals surface area (Å²) in [7, 11) is -2.53. The van der Waals surface area contributed by atoms with Crippen LogP contribution in [0, 0.1) is 0 Å². The van der Waals surface area contributed by atoms with E-state index in [0.717, 1.165) is 12.8 Å². The van der Waals surface area contributed by atoms with Crippen molar-refractivity contribution in [3.8, 4) is 0 Å². The van der Waals surface area contributed by atoms with Gasteiger partial charge in [-0.25, -0.2) is 0 Å². The average Bonchev–Trinajstić information content (AvgIpc) is 2.11. The third-order valence-electron chi connectivity index (χ3n) is 4.13. The monoisotopic (exact) mass is 259 g/mol. The lowest BCUT2D eigenvalue weighted by Gasteiger charge is -2.45. The van der Waals surface area contributed by atoms with Gasteiger partial charge in [0.15, 0.2) is 7.83 Å². The molecule has 94 valence electrons. The van der Waals surface area contributed by atoms with Gasteiger partial charge in [0.25, 0.3) is 0 Å². The second-order valence-corrected chi connectivity index (χ2v) is 21.2. The number of carbonyl (C=O) groups excluding carboxylic acids is 1. The number of rotatable bonds is 4. The fourth-order valence-electron chi connectivity index (χ4n) is 2.17.